The van der Waals surface area contributed by atoms with Crippen LogP contribution in [-0.2, 0) is 25.4 Å². The molecule has 0 bridgehead atoms. The number of hydrogen-bond donors (Lipinski definition) is 0. The Morgan fingerprint density at radius 3 is 2.21 bits per heavy atom. The zero-order valence-corrected chi connectivity index (χ0v) is 18.4. The molecule has 28 heavy (non-hydrogen) atoms. The molecular formula is C23H30O4S. The predicted octanol–water partition coefficient (Wildman–Crippen LogP) is 4.89. The molecule has 1 heterocycles. The fourth-order valence-corrected chi connectivity index (χ4v) is 4.93. The minimum Gasteiger partial charge on any atom is -0.490 e. The summed E-state index contributed by atoms with van der Waals surface area (Å²) in [7, 11) is -3.69. The van der Waals surface area contributed by atoms with E-state index in [0.717, 1.165) is 5.56 Å². The summed E-state index contributed by atoms with van der Waals surface area (Å²) in [6.07, 6.45) is 0.108. The van der Waals surface area contributed by atoms with Crippen molar-refractivity contribution in [3.05, 3.63) is 53.6 Å². The van der Waals surface area contributed by atoms with Crippen LogP contribution in [0.3, 0.4) is 0 Å². The highest BCUT2D eigenvalue weighted by molar-refractivity contribution is 7.91. The fourth-order valence-electron chi connectivity index (χ4n) is 3.20. The van der Waals surface area contributed by atoms with Gasteiger partial charge in [-0.1, -0.05) is 59.7 Å². The summed E-state index contributed by atoms with van der Waals surface area (Å²) in [5.41, 5.74) is 1.17. The van der Waals surface area contributed by atoms with E-state index in [-0.39, 0.29) is 11.5 Å². The third kappa shape index (κ3) is 4.41. The molecule has 0 spiro atoms. The van der Waals surface area contributed by atoms with Crippen LogP contribution in [0, 0.1) is 0 Å². The maximum atomic E-state index is 13.6. The van der Waals surface area contributed by atoms with Gasteiger partial charge in [-0.15, -0.1) is 0 Å². The maximum Gasteiger partial charge on any atom is 0.207 e. The molecule has 0 N–H and O–H groups in total. The van der Waals surface area contributed by atoms with Gasteiger partial charge in [-0.3, -0.25) is 0 Å². The minimum absolute atomic E-state index is 0.108. The van der Waals surface area contributed by atoms with Crippen molar-refractivity contribution < 1.29 is 17.9 Å². The minimum atomic E-state index is -3.69. The van der Waals surface area contributed by atoms with Gasteiger partial charge >= 0.3 is 0 Å². The average Bonchev–Trinajstić information content (AvgIpc) is 3.42. The molecule has 1 unspecified atom stereocenters. The molecule has 1 aliphatic rings. The van der Waals surface area contributed by atoms with Crippen molar-refractivity contribution in [3.63, 3.8) is 0 Å². The second kappa shape index (κ2) is 7.20. The van der Waals surface area contributed by atoms with Crippen LogP contribution >= 0.6 is 0 Å². The van der Waals surface area contributed by atoms with Crippen LogP contribution in [0.5, 0.6) is 5.75 Å². The van der Waals surface area contributed by atoms with Crippen LogP contribution in [0.2, 0.25) is 0 Å². The van der Waals surface area contributed by atoms with E-state index in [4.69, 9.17) is 9.47 Å². The van der Waals surface area contributed by atoms with Gasteiger partial charge in [0.25, 0.3) is 0 Å². The lowest BCUT2D eigenvalue weighted by Crippen LogP contribution is -2.20. The van der Waals surface area contributed by atoms with Crippen molar-refractivity contribution in [2.24, 2.45) is 0 Å². The number of benzene rings is 2. The van der Waals surface area contributed by atoms with Gasteiger partial charge in [-0.25, -0.2) is 8.42 Å². The fraction of sp³-hybridized carbons (Fsp3) is 0.478. The molecular weight excluding hydrogens is 372 g/mol. The standard InChI is InChI=1S/C23H30O4S/c1-22(2,3)16-9-7-10-18(13-16)28(24,25)20-12-8-11-19(21(20)23(4,5)6)27-15-17-14-26-17/h7-13,17H,14-15H2,1-6H3. The smallest absolute Gasteiger partial charge is 0.207 e. The van der Waals surface area contributed by atoms with Crippen molar-refractivity contribution in [3.8, 4) is 5.75 Å². The summed E-state index contributed by atoms with van der Waals surface area (Å²) in [6, 6.07) is 12.5. The lowest BCUT2D eigenvalue weighted by atomic mass is 9.86. The summed E-state index contributed by atoms with van der Waals surface area (Å²) in [6.45, 7) is 13.4. The Bertz CT molecular complexity index is 959. The first-order valence-corrected chi connectivity index (χ1v) is 11.1. The molecule has 2 aromatic rings. The zero-order valence-electron chi connectivity index (χ0n) is 17.6. The largest absolute Gasteiger partial charge is 0.490 e. The molecule has 1 aliphatic heterocycles. The molecule has 0 radical (unpaired) electrons. The second-order valence-electron chi connectivity index (χ2n) is 9.43. The van der Waals surface area contributed by atoms with Gasteiger partial charge < -0.3 is 9.47 Å². The average molecular weight is 403 g/mol. The topological polar surface area (TPSA) is 55.9 Å². The van der Waals surface area contributed by atoms with Crippen LogP contribution in [0.25, 0.3) is 0 Å². The Balaban J connectivity index is 2.12. The maximum absolute atomic E-state index is 13.6. The molecule has 0 amide bonds. The van der Waals surface area contributed by atoms with Crippen molar-refractivity contribution in [2.45, 2.75) is 68.3 Å². The molecule has 152 valence electrons. The van der Waals surface area contributed by atoms with E-state index >= 15 is 0 Å². The Kier molecular flexibility index (Phi) is 5.36. The predicted molar refractivity (Wildman–Crippen MR) is 111 cm³/mol. The van der Waals surface area contributed by atoms with E-state index in [9.17, 15) is 8.42 Å². The van der Waals surface area contributed by atoms with Crippen LogP contribution in [-0.4, -0.2) is 27.7 Å². The van der Waals surface area contributed by atoms with Gasteiger partial charge in [0.1, 0.15) is 18.5 Å². The number of sulfone groups is 1. The Morgan fingerprint density at radius 2 is 1.64 bits per heavy atom. The zero-order chi connectivity index (χ0) is 20.7. The molecule has 1 saturated heterocycles. The molecule has 0 saturated carbocycles. The second-order valence-corrected chi connectivity index (χ2v) is 11.3. The Morgan fingerprint density at radius 1 is 1.00 bits per heavy atom. The first-order chi connectivity index (χ1) is 12.9. The summed E-state index contributed by atoms with van der Waals surface area (Å²) < 4.78 is 38.4. The van der Waals surface area contributed by atoms with Crippen LogP contribution in [0.15, 0.2) is 52.3 Å². The monoisotopic (exact) mass is 402 g/mol. The van der Waals surface area contributed by atoms with E-state index in [1.807, 2.05) is 39.0 Å². The van der Waals surface area contributed by atoms with Crippen LogP contribution in [0.1, 0.15) is 52.7 Å². The molecule has 4 nitrogen and oxygen atoms in total. The lowest BCUT2D eigenvalue weighted by molar-refractivity contribution is 0.257. The molecule has 1 atom stereocenters. The van der Waals surface area contributed by atoms with E-state index in [1.54, 1.807) is 24.3 Å². The van der Waals surface area contributed by atoms with E-state index < -0.39 is 15.3 Å². The quantitative estimate of drug-likeness (QED) is 0.668. The molecule has 3 rings (SSSR count). The highest BCUT2D eigenvalue weighted by atomic mass is 32.2. The molecule has 2 aromatic carbocycles. The van der Waals surface area contributed by atoms with E-state index in [2.05, 4.69) is 20.8 Å². The summed E-state index contributed by atoms with van der Waals surface area (Å²) in [5.74, 6) is 0.607. The third-order valence-electron chi connectivity index (χ3n) is 4.86. The number of rotatable bonds is 5. The Labute approximate surface area is 168 Å². The molecule has 0 aromatic heterocycles. The molecule has 5 heteroatoms. The SMILES string of the molecule is CC(C)(C)c1cccc(S(=O)(=O)c2cccc(OCC3CO3)c2C(C)(C)C)c1. The Hall–Kier alpha value is -1.85. The van der Waals surface area contributed by atoms with Crippen LogP contribution < -0.4 is 4.74 Å². The van der Waals surface area contributed by atoms with Gasteiger partial charge in [0.05, 0.1) is 16.4 Å². The van der Waals surface area contributed by atoms with Gasteiger partial charge in [-0.05, 0) is 40.7 Å². The van der Waals surface area contributed by atoms with Gasteiger partial charge in [0, 0.05) is 5.56 Å². The first kappa shape index (κ1) is 20.9. The first-order valence-electron chi connectivity index (χ1n) is 9.64. The number of ether oxygens (including phenoxy) is 2. The normalized spacial score (nSPS) is 17.4. The number of hydrogen-bond acceptors (Lipinski definition) is 4. The highest BCUT2D eigenvalue weighted by Crippen LogP contribution is 2.39. The molecule has 0 aliphatic carbocycles. The summed E-state index contributed by atoms with van der Waals surface area (Å²) in [4.78, 5) is 0.619. The van der Waals surface area contributed by atoms with Crippen molar-refractivity contribution >= 4 is 9.84 Å². The van der Waals surface area contributed by atoms with Gasteiger partial charge in [0.15, 0.2) is 0 Å². The van der Waals surface area contributed by atoms with Crippen molar-refractivity contribution in [1.29, 1.82) is 0 Å². The summed E-state index contributed by atoms with van der Waals surface area (Å²) in [5, 5.41) is 0. The third-order valence-corrected chi connectivity index (χ3v) is 6.66. The summed E-state index contributed by atoms with van der Waals surface area (Å²) >= 11 is 0. The van der Waals surface area contributed by atoms with Crippen LogP contribution in [0.4, 0.5) is 0 Å². The van der Waals surface area contributed by atoms with Gasteiger partial charge in [0.2, 0.25) is 9.84 Å². The lowest BCUT2D eigenvalue weighted by Gasteiger charge is -2.26. The van der Waals surface area contributed by atoms with E-state index in [1.165, 1.54) is 0 Å². The van der Waals surface area contributed by atoms with Crippen molar-refractivity contribution in [2.75, 3.05) is 13.2 Å². The molecule has 1 fully saturated rings. The van der Waals surface area contributed by atoms with Gasteiger partial charge in [-0.2, -0.15) is 0 Å². The van der Waals surface area contributed by atoms with E-state index in [0.29, 0.717) is 34.3 Å². The van der Waals surface area contributed by atoms with Crippen molar-refractivity contribution in [1.82, 2.24) is 0 Å². The highest BCUT2D eigenvalue weighted by Gasteiger charge is 2.32. The number of epoxide rings is 1.